The third-order valence-electron chi connectivity index (χ3n) is 3.95. The van der Waals surface area contributed by atoms with Crippen molar-refractivity contribution in [2.24, 2.45) is 5.73 Å². The minimum absolute atomic E-state index is 0.189. The van der Waals surface area contributed by atoms with Gasteiger partial charge in [-0.2, -0.15) is 5.10 Å². The molecule has 21 heavy (non-hydrogen) atoms. The molecule has 1 amide bonds. The van der Waals surface area contributed by atoms with Crippen LogP contribution in [0.15, 0.2) is 42.7 Å². The lowest BCUT2D eigenvalue weighted by Crippen LogP contribution is -2.43. The number of benzene rings is 1. The number of nitrogens with zero attached hydrogens (tertiary/aromatic N) is 3. The second-order valence-electron chi connectivity index (χ2n) is 5.51. The number of nitrogens with two attached hydrogens (primary N) is 1. The Hall–Kier alpha value is -2.14. The largest absolute Gasteiger partial charge is 0.342 e. The molecule has 0 bridgehead atoms. The van der Waals surface area contributed by atoms with Gasteiger partial charge in [-0.1, -0.05) is 12.1 Å². The van der Waals surface area contributed by atoms with Crippen LogP contribution in [-0.2, 0) is 11.2 Å². The standard InChI is InChI=1S/C16H20N4O/c17-14-6-10-19(11-7-14)16(21)12-13-2-4-15(5-3-13)20-9-1-8-18-20/h1-5,8-9,14H,6-7,10-12,17H2. The maximum atomic E-state index is 12.3. The molecule has 0 aliphatic carbocycles. The molecule has 1 saturated heterocycles. The molecule has 1 aliphatic rings. The number of amides is 1. The van der Waals surface area contributed by atoms with Gasteiger partial charge >= 0.3 is 0 Å². The topological polar surface area (TPSA) is 64.2 Å². The summed E-state index contributed by atoms with van der Waals surface area (Å²) in [6, 6.07) is 10.1. The van der Waals surface area contributed by atoms with E-state index < -0.39 is 0 Å². The first-order valence-electron chi connectivity index (χ1n) is 7.35. The minimum Gasteiger partial charge on any atom is -0.342 e. The highest BCUT2D eigenvalue weighted by Gasteiger charge is 2.20. The van der Waals surface area contributed by atoms with E-state index in [4.69, 9.17) is 5.73 Å². The van der Waals surface area contributed by atoms with E-state index in [0.29, 0.717) is 6.42 Å². The van der Waals surface area contributed by atoms with E-state index in [1.54, 1.807) is 10.9 Å². The predicted molar refractivity (Wildman–Crippen MR) is 81.1 cm³/mol. The Kier molecular flexibility index (Phi) is 4.01. The first kappa shape index (κ1) is 13.8. The van der Waals surface area contributed by atoms with Crippen molar-refractivity contribution in [1.29, 1.82) is 0 Å². The van der Waals surface area contributed by atoms with E-state index in [2.05, 4.69) is 5.10 Å². The summed E-state index contributed by atoms with van der Waals surface area (Å²) in [7, 11) is 0. The Morgan fingerprint density at radius 3 is 2.57 bits per heavy atom. The monoisotopic (exact) mass is 284 g/mol. The van der Waals surface area contributed by atoms with Crippen LogP contribution in [0.1, 0.15) is 18.4 Å². The molecule has 3 rings (SSSR count). The van der Waals surface area contributed by atoms with Crippen LogP contribution >= 0.6 is 0 Å². The zero-order chi connectivity index (χ0) is 14.7. The highest BCUT2D eigenvalue weighted by atomic mass is 16.2. The van der Waals surface area contributed by atoms with Crippen molar-refractivity contribution in [2.45, 2.75) is 25.3 Å². The first-order chi connectivity index (χ1) is 10.2. The molecule has 5 heteroatoms. The molecular weight excluding hydrogens is 264 g/mol. The minimum atomic E-state index is 0.189. The van der Waals surface area contributed by atoms with Crippen LogP contribution in [0.3, 0.4) is 0 Å². The molecule has 1 aliphatic heterocycles. The molecular formula is C16H20N4O. The van der Waals surface area contributed by atoms with E-state index in [1.165, 1.54) is 0 Å². The van der Waals surface area contributed by atoms with Crippen LogP contribution in [0.5, 0.6) is 0 Å². The normalized spacial score (nSPS) is 16.1. The van der Waals surface area contributed by atoms with E-state index >= 15 is 0 Å². The van der Waals surface area contributed by atoms with Gasteiger partial charge in [0.25, 0.3) is 0 Å². The fourth-order valence-corrected chi connectivity index (χ4v) is 2.62. The van der Waals surface area contributed by atoms with Crippen molar-refractivity contribution in [2.75, 3.05) is 13.1 Å². The van der Waals surface area contributed by atoms with E-state index in [9.17, 15) is 4.79 Å². The van der Waals surface area contributed by atoms with Crippen LogP contribution in [0.4, 0.5) is 0 Å². The number of piperidine rings is 1. The Morgan fingerprint density at radius 2 is 1.95 bits per heavy atom. The van der Waals surface area contributed by atoms with Crippen molar-refractivity contribution >= 4 is 5.91 Å². The fraction of sp³-hybridized carbons (Fsp3) is 0.375. The highest BCUT2D eigenvalue weighted by Crippen LogP contribution is 2.13. The average Bonchev–Trinajstić information content (AvgIpc) is 3.03. The second-order valence-corrected chi connectivity index (χ2v) is 5.51. The van der Waals surface area contributed by atoms with Crippen molar-refractivity contribution in [3.8, 4) is 5.69 Å². The van der Waals surface area contributed by atoms with E-state index in [-0.39, 0.29) is 11.9 Å². The van der Waals surface area contributed by atoms with Gasteiger partial charge in [0.2, 0.25) is 5.91 Å². The SMILES string of the molecule is NC1CCN(C(=O)Cc2ccc(-n3cccn3)cc2)CC1. The van der Waals surface area contributed by atoms with Crippen LogP contribution in [0, 0.1) is 0 Å². The second kappa shape index (κ2) is 6.10. The Balaban J connectivity index is 1.61. The summed E-state index contributed by atoms with van der Waals surface area (Å²) in [6.45, 7) is 1.57. The molecule has 1 fully saturated rings. The van der Waals surface area contributed by atoms with E-state index in [1.807, 2.05) is 41.4 Å². The van der Waals surface area contributed by atoms with Crippen LogP contribution in [-0.4, -0.2) is 39.7 Å². The summed E-state index contributed by atoms with van der Waals surface area (Å²) >= 11 is 0. The quantitative estimate of drug-likeness (QED) is 0.925. The zero-order valence-corrected chi connectivity index (χ0v) is 12.0. The number of carbonyl (C=O) groups is 1. The molecule has 0 radical (unpaired) electrons. The molecule has 0 spiro atoms. The molecule has 0 saturated carbocycles. The van der Waals surface area contributed by atoms with Gasteiger partial charge in [0.05, 0.1) is 12.1 Å². The van der Waals surface area contributed by atoms with Gasteiger partial charge in [-0.25, -0.2) is 4.68 Å². The number of likely N-dealkylation sites (tertiary alicyclic amines) is 1. The molecule has 2 aromatic rings. The predicted octanol–water partition coefficient (Wildman–Crippen LogP) is 1.36. The lowest BCUT2D eigenvalue weighted by atomic mass is 10.0. The maximum absolute atomic E-state index is 12.3. The Bertz CT molecular complexity index is 583. The van der Waals surface area contributed by atoms with Gasteiger partial charge in [0.15, 0.2) is 0 Å². The lowest BCUT2D eigenvalue weighted by Gasteiger charge is -2.30. The molecule has 110 valence electrons. The number of hydrogen-bond donors (Lipinski definition) is 1. The molecule has 1 aromatic carbocycles. The van der Waals surface area contributed by atoms with Gasteiger partial charge in [-0.15, -0.1) is 0 Å². The van der Waals surface area contributed by atoms with Crippen LogP contribution < -0.4 is 5.73 Å². The zero-order valence-electron chi connectivity index (χ0n) is 12.0. The third kappa shape index (κ3) is 3.31. The van der Waals surface area contributed by atoms with Crippen molar-refractivity contribution < 1.29 is 4.79 Å². The number of hydrogen-bond acceptors (Lipinski definition) is 3. The summed E-state index contributed by atoms with van der Waals surface area (Å²) in [5.41, 5.74) is 7.90. The highest BCUT2D eigenvalue weighted by molar-refractivity contribution is 5.79. The fourth-order valence-electron chi connectivity index (χ4n) is 2.62. The molecule has 1 aromatic heterocycles. The first-order valence-corrected chi connectivity index (χ1v) is 7.35. The summed E-state index contributed by atoms with van der Waals surface area (Å²) in [4.78, 5) is 14.2. The van der Waals surface area contributed by atoms with Gasteiger partial charge in [0, 0.05) is 31.5 Å². The molecule has 2 N–H and O–H groups in total. The van der Waals surface area contributed by atoms with Gasteiger partial charge in [-0.05, 0) is 36.6 Å². The van der Waals surface area contributed by atoms with Crippen LogP contribution in [0.2, 0.25) is 0 Å². The lowest BCUT2D eigenvalue weighted by molar-refractivity contribution is -0.131. The van der Waals surface area contributed by atoms with Crippen LogP contribution in [0.25, 0.3) is 5.69 Å². The number of carbonyl (C=O) groups excluding carboxylic acids is 1. The summed E-state index contributed by atoms with van der Waals surface area (Å²) < 4.78 is 1.80. The van der Waals surface area contributed by atoms with Gasteiger partial charge in [0.1, 0.15) is 0 Å². The van der Waals surface area contributed by atoms with Gasteiger partial charge in [-0.3, -0.25) is 4.79 Å². The third-order valence-corrected chi connectivity index (χ3v) is 3.95. The molecule has 0 unspecified atom stereocenters. The van der Waals surface area contributed by atoms with Gasteiger partial charge < -0.3 is 10.6 Å². The van der Waals surface area contributed by atoms with Crippen molar-refractivity contribution in [1.82, 2.24) is 14.7 Å². The molecule has 5 nitrogen and oxygen atoms in total. The summed E-state index contributed by atoms with van der Waals surface area (Å²) in [5.74, 6) is 0.189. The van der Waals surface area contributed by atoms with E-state index in [0.717, 1.165) is 37.2 Å². The summed E-state index contributed by atoms with van der Waals surface area (Å²) in [5, 5.41) is 4.19. The number of aromatic nitrogens is 2. The van der Waals surface area contributed by atoms with Crippen molar-refractivity contribution in [3.63, 3.8) is 0 Å². The molecule has 0 atom stereocenters. The Morgan fingerprint density at radius 1 is 1.24 bits per heavy atom. The average molecular weight is 284 g/mol. The Labute approximate surface area is 124 Å². The number of rotatable bonds is 3. The summed E-state index contributed by atoms with van der Waals surface area (Å²) in [6.07, 6.45) is 5.91. The smallest absolute Gasteiger partial charge is 0.226 e. The maximum Gasteiger partial charge on any atom is 0.226 e. The molecule has 2 heterocycles. The van der Waals surface area contributed by atoms with Crippen molar-refractivity contribution in [3.05, 3.63) is 48.3 Å².